The number of piperidine rings is 1. The molecule has 0 spiro atoms. The lowest BCUT2D eigenvalue weighted by Crippen LogP contribution is -2.46. The van der Waals surface area contributed by atoms with Crippen LogP contribution in [0.4, 0.5) is 0 Å². The maximum atomic E-state index is 12.3. The Kier molecular flexibility index (Phi) is 4.12. The molecule has 1 aliphatic heterocycles. The second kappa shape index (κ2) is 5.30. The fraction of sp³-hybridized carbons (Fsp3) is 0.933. The molecule has 2 rings (SSSR count). The lowest BCUT2D eigenvalue weighted by molar-refractivity contribution is -0.128. The molecule has 3 unspecified atom stereocenters. The second-order valence-electron chi connectivity index (χ2n) is 6.71. The van der Waals surface area contributed by atoms with Crippen molar-refractivity contribution in [2.45, 2.75) is 58.6 Å². The van der Waals surface area contributed by atoms with Crippen LogP contribution in [0, 0.1) is 11.3 Å². The molecule has 2 fully saturated rings. The molecule has 1 heterocycles. The van der Waals surface area contributed by atoms with E-state index in [1.165, 1.54) is 0 Å². The van der Waals surface area contributed by atoms with E-state index >= 15 is 0 Å². The molecule has 0 aromatic heterocycles. The Bertz CT molecular complexity index is 314. The van der Waals surface area contributed by atoms with Crippen LogP contribution in [-0.4, -0.2) is 43.0 Å². The highest BCUT2D eigenvalue weighted by Gasteiger charge is 2.41. The van der Waals surface area contributed by atoms with Gasteiger partial charge in [0, 0.05) is 37.6 Å². The molecule has 18 heavy (non-hydrogen) atoms. The number of Topliss-reactive ketones (excluding diaryl/α,β-unsaturated/α-hetero) is 1. The molecule has 3 atom stereocenters. The number of ether oxygens (including phenoxy) is 1. The molecule has 1 saturated heterocycles. The Balaban J connectivity index is 1.89. The molecular formula is C15H27NO2. The molecule has 3 heteroatoms. The molecule has 1 saturated carbocycles. The monoisotopic (exact) mass is 253 g/mol. The predicted molar refractivity (Wildman–Crippen MR) is 72.6 cm³/mol. The summed E-state index contributed by atoms with van der Waals surface area (Å²) in [5.41, 5.74) is -0.0846. The number of rotatable bonds is 3. The van der Waals surface area contributed by atoms with E-state index in [1.54, 1.807) is 7.11 Å². The molecule has 2 aliphatic rings. The summed E-state index contributed by atoms with van der Waals surface area (Å²) < 4.78 is 5.44. The van der Waals surface area contributed by atoms with E-state index in [-0.39, 0.29) is 11.3 Å². The van der Waals surface area contributed by atoms with Crippen LogP contribution in [0.5, 0.6) is 0 Å². The number of hydrogen-bond donors (Lipinski definition) is 0. The van der Waals surface area contributed by atoms with E-state index in [0.29, 0.717) is 17.9 Å². The van der Waals surface area contributed by atoms with Gasteiger partial charge in [-0.05, 0) is 32.6 Å². The third-order valence-corrected chi connectivity index (χ3v) is 4.91. The number of hydrogen-bond acceptors (Lipinski definition) is 3. The second-order valence-corrected chi connectivity index (χ2v) is 6.71. The fourth-order valence-electron chi connectivity index (χ4n) is 3.46. The Morgan fingerprint density at radius 3 is 2.61 bits per heavy atom. The Morgan fingerprint density at radius 2 is 2.11 bits per heavy atom. The quantitative estimate of drug-likeness (QED) is 0.774. The van der Waals surface area contributed by atoms with Crippen molar-refractivity contribution in [3.63, 3.8) is 0 Å². The SMILES string of the molecule is COC1CCN(CC2CCC(C)(C)C2=O)C(C)C1. The number of nitrogens with zero attached hydrogens (tertiary/aromatic N) is 1. The van der Waals surface area contributed by atoms with Crippen molar-refractivity contribution in [2.24, 2.45) is 11.3 Å². The van der Waals surface area contributed by atoms with Gasteiger partial charge < -0.3 is 4.74 Å². The minimum atomic E-state index is -0.0846. The lowest BCUT2D eigenvalue weighted by Gasteiger charge is -2.38. The summed E-state index contributed by atoms with van der Waals surface area (Å²) in [4.78, 5) is 14.8. The van der Waals surface area contributed by atoms with Gasteiger partial charge in [0.25, 0.3) is 0 Å². The van der Waals surface area contributed by atoms with Crippen molar-refractivity contribution in [3.05, 3.63) is 0 Å². The molecule has 0 aromatic rings. The van der Waals surface area contributed by atoms with Gasteiger partial charge in [0.05, 0.1) is 6.10 Å². The summed E-state index contributed by atoms with van der Waals surface area (Å²) in [6.45, 7) is 8.48. The third-order valence-electron chi connectivity index (χ3n) is 4.91. The van der Waals surface area contributed by atoms with Gasteiger partial charge >= 0.3 is 0 Å². The Morgan fingerprint density at radius 1 is 1.39 bits per heavy atom. The van der Waals surface area contributed by atoms with Crippen LogP contribution in [0.1, 0.15) is 46.5 Å². The van der Waals surface area contributed by atoms with Crippen LogP contribution < -0.4 is 0 Å². The van der Waals surface area contributed by atoms with E-state index < -0.39 is 0 Å². The van der Waals surface area contributed by atoms with Gasteiger partial charge in [-0.2, -0.15) is 0 Å². The van der Waals surface area contributed by atoms with E-state index in [0.717, 1.165) is 38.8 Å². The summed E-state index contributed by atoms with van der Waals surface area (Å²) in [6, 6.07) is 0.542. The van der Waals surface area contributed by atoms with Gasteiger partial charge in [-0.1, -0.05) is 13.8 Å². The normalized spacial score (nSPS) is 37.1. The average Bonchev–Trinajstić information content (AvgIpc) is 2.58. The van der Waals surface area contributed by atoms with Crippen LogP contribution in [0.25, 0.3) is 0 Å². The van der Waals surface area contributed by atoms with Crippen molar-refractivity contribution in [1.29, 1.82) is 0 Å². The fourth-order valence-corrected chi connectivity index (χ4v) is 3.46. The minimum absolute atomic E-state index is 0.0846. The molecule has 0 aromatic carbocycles. The molecule has 0 bridgehead atoms. The van der Waals surface area contributed by atoms with Gasteiger partial charge in [-0.25, -0.2) is 0 Å². The maximum Gasteiger partial charge on any atom is 0.142 e. The topological polar surface area (TPSA) is 29.5 Å². The van der Waals surface area contributed by atoms with Crippen LogP contribution in [0.3, 0.4) is 0 Å². The zero-order valence-electron chi connectivity index (χ0n) is 12.2. The van der Waals surface area contributed by atoms with Gasteiger partial charge in [0.1, 0.15) is 5.78 Å². The first-order chi connectivity index (χ1) is 8.44. The zero-order valence-corrected chi connectivity index (χ0v) is 12.2. The summed E-state index contributed by atoms with van der Waals surface area (Å²) >= 11 is 0. The summed E-state index contributed by atoms with van der Waals surface area (Å²) in [5, 5.41) is 0. The Hall–Kier alpha value is -0.410. The number of methoxy groups -OCH3 is 1. The van der Waals surface area contributed by atoms with Crippen LogP contribution in [0.2, 0.25) is 0 Å². The van der Waals surface area contributed by atoms with Gasteiger partial charge in [-0.3, -0.25) is 9.69 Å². The maximum absolute atomic E-state index is 12.3. The highest BCUT2D eigenvalue weighted by molar-refractivity contribution is 5.88. The lowest BCUT2D eigenvalue weighted by atomic mass is 9.88. The first-order valence-electron chi connectivity index (χ1n) is 7.25. The average molecular weight is 253 g/mol. The largest absolute Gasteiger partial charge is 0.381 e. The van der Waals surface area contributed by atoms with Crippen molar-refractivity contribution >= 4 is 5.78 Å². The van der Waals surface area contributed by atoms with Crippen molar-refractivity contribution < 1.29 is 9.53 Å². The van der Waals surface area contributed by atoms with Crippen LogP contribution in [-0.2, 0) is 9.53 Å². The number of carbonyl (C=O) groups is 1. The molecule has 104 valence electrons. The highest BCUT2D eigenvalue weighted by atomic mass is 16.5. The first kappa shape index (κ1) is 14.0. The standard InChI is InChI=1S/C15H27NO2/c1-11-9-13(18-4)6-8-16(11)10-12-5-7-15(2,3)14(12)17/h11-13H,5-10H2,1-4H3. The molecular weight excluding hydrogens is 226 g/mol. The van der Waals surface area contributed by atoms with Gasteiger partial charge in [0.2, 0.25) is 0 Å². The highest BCUT2D eigenvalue weighted by Crippen LogP contribution is 2.38. The zero-order chi connectivity index (χ0) is 13.3. The number of likely N-dealkylation sites (tertiary alicyclic amines) is 1. The van der Waals surface area contributed by atoms with E-state index in [4.69, 9.17) is 4.74 Å². The minimum Gasteiger partial charge on any atom is -0.381 e. The van der Waals surface area contributed by atoms with E-state index in [1.807, 2.05) is 0 Å². The molecule has 0 N–H and O–H groups in total. The smallest absolute Gasteiger partial charge is 0.142 e. The van der Waals surface area contributed by atoms with Crippen molar-refractivity contribution in [3.8, 4) is 0 Å². The van der Waals surface area contributed by atoms with Crippen molar-refractivity contribution in [2.75, 3.05) is 20.2 Å². The summed E-state index contributed by atoms with van der Waals surface area (Å²) in [5.74, 6) is 0.741. The Labute approximate surface area is 111 Å². The van der Waals surface area contributed by atoms with E-state index in [9.17, 15) is 4.79 Å². The van der Waals surface area contributed by atoms with Gasteiger partial charge in [0.15, 0.2) is 0 Å². The molecule has 1 aliphatic carbocycles. The molecule has 0 amide bonds. The van der Waals surface area contributed by atoms with Gasteiger partial charge in [-0.15, -0.1) is 0 Å². The summed E-state index contributed by atoms with van der Waals surface area (Å²) in [7, 11) is 1.80. The van der Waals surface area contributed by atoms with Crippen LogP contribution >= 0.6 is 0 Å². The van der Waals surface area contributed by atoms with Crippen LogP contribution in [0.15, 0.2) is 0 Å². The number of ketones is 1. The summed E-state index contributed by atoms with van der Waals surface area (Å²) in [6.07, 6.45) is 4.74. The first-order valence-corrected chi connectivity index (χ1v) is 7.25. The predicted octanol–water partition coefficient (Wildman–Crippen LogP) is 2.49. The number of carbonyl (C=O) groups excluding carboxylic acids is 1. The van der Waals surface area contributed by atoms with E-state index in [2.05, 4.69) is 25.7 Å². The third kappa shape index (κ3) is 2.77. The molecule has 0 radical (unpaired) electrons. The molecule has 3 nitrogen and oxygen atoms in total. The van der Waals surface area contributed by atoms with Crippen molar-refractivity contribution in [1.82, 2.24) is 4.90 Å².